The molecule has 1 atom stereocenters. The van der Waals surface area contributed by atoms with Crippen LogP contribution < -0.4 is 5.32 Å². The van der Waals surface area contributed by atoms with Crippen LogP contribution in [-0.2, 0) is 14.4 Å². The van der Waals surface area contributed by atoms with Gasteiger partial charge in [-0.15, -0.1) is 0 Å². The Kier molecular flexibility index (Phi) is 32.6. The molecule has 0 aromatic heterocycles. The lowest BCUT2D eigenvalue weighted by atomic mass is 10.0. The minimum absolute atomic E-state index is 0.0139. The summed E-state index contributed by atoms with van der Waals surface area (Å²) in [6.45, 7) is 6.59. The van der Waals surface area contributed by atoms with Crippen LogP contribution in [0.15, 0.2) is 0 Å². The first kappa shape index (κ1) is 36.4. The molecular weight excluding hydrogens is 444 g/mol. The number of ether oxygens (including phenoxy) is 1. The van der Waals surface area contributed by atoms with E-state index in [1.807, 2.05) is 19.0 Å². The molecule has 0 aromatic rings. The van der Waals surface area contributed by atoms with E-state index in [0.717, 1.165) is 19.6 Å². The predicted molar refractivity (Wildman–Crippen MR) is 147 cm³/mol. The average Bonchev–Trinajstić information content (AvgIpc) is 2.80. The third kappa shape index (κ3) is 38.0. The van der Waals surface area contributed by atoms with E-state index >= 15 is 0 Å². The fraction of sp³-hybridized carbons (Fsp3) is 0.964. The third-order valence-corrected chi connectivity index (χ3v) is 5.71. The van der Waals surface area contributed by atoms with E-state index in [-0.39, 0.29) is 12.5 Å². The van der Waals surface area contributed by atoms with Gasteiger partial charge in [0.15, 0.2) is 0 Å². The molecule has 7 heteroatoms. The van der Waals surface area contributed by atoms with Crippen LogP contribution in [0.2, 0.25) is 0 Å². The van der Waals surface area contributed by atoms with Crippen molar-refractivity contribution in [3.8, 4) is 0 Å². The molecule has 35 heavy (non-hydrogen) atoms. The van der Waals surface area contributed by atoms with Gasteiger partial charge < -0.3 is 20.1 Å². The number of hydrogen-bond donors (Lipinski definition) is 3. The molecule has 3 N–H and O–H groups in total. The smallest absolute Gasteiger partial charge is 0.234 e. The van der Waals surface area contributed by atoms with Crippen molar-refractivity contribution < 1.29 is 24.8 Å². The number of carbonyl (C=O) groups is 1. The van der Waals surface area contributed by atoms with Gasteiger partial charge in [-0.25, -0.2) is 4.89 Å². The van der Waals surface area contributed by atoms with Gasteiger partial charge in [-0.05, 0) is 33.9 Å². The summed E-state index contributed by atoms with van der Waals surface area (Å²) in [5, 5.41) is 18.8. The molecule has 0 radical (unpaired) electrons. The van der Waals surface area contributed by atoms with Gasteiger partial charge in [0.25, 0.3) is 0 Å². The van der Waals surface area contributed by atoms with E-state index in [0.29, 0.717) is 13.1 Å². The number of aliphatic hydroxyl groups is 1. The summed E-state index contributed by atoms with van der Waals surface area (Å²) >= 11 is 0. The maximum Gasteiger partial charge on any atom is 0.234 e. The molecule has 0 rings (SSSR count). The van der Waals surface area contributed by atoms with Crippen molar-refractivity contribution >= 4 is 5.91 Å². The topological polar surface area (TPSA) is 91.3 Å². The van der Waals surface area contributed by atoms with Gasteiger partial charge in [0.2, 0.25) is 5.91 Å². The Morgan fingerprint density at radius 1 is 0.771 bits per heavy atom. The van der Waals surface area contributed by atoms with Crippen LogP contribution in [0, 0.1) is 0 Å². The number of aliphatic hydroxyl groups excluding tert-OH is 1. The fourth-order valence-corrected chi connectivity index (χ4v) is 3.71. The summed E-state index contributed by atoms with van der Waals surface area (Å²) in [4.78, 5) is 16.9. The molecule has 0 aliphatic carbocycles. The van der Waals surface area contributed by atoms with E-state index in [2.05, 4.69) is 17.1 Å². The molecule has 212 valence electrons. The highest BCUT2D eigenvalue weighted by atomic mass is 17.1. The van der Waals surface area contributed by atoms with Crippen LogP contribution in [0.1, 0.15) is 123 Å². The summed E-state index contributed by atoms with van der Waals surface area (Å²) in [6.07, 6.45) is 22.7. The van der Waals surface area contributed by atoms with Gasteiger partial charge in [-0.3, -0.25) is 10.1 Å². The lowest BCUT2D eigenvalue weighted by Crippen LogP contribution is -2.34. The first-order valence-electron chi connectivity index (χ1n) is 14.4. The number of rotatable bonds is 25. The Labute approximate surface area is 217 Å². The quantitative estimate of drug-likeness (QED) is 0.0780. The highest BCUT2D eigenvalue weighted by Crippen LogP contribution is 2.13. The summed E-state index contributed by atoms with van der Waals surface area (Å²) in [7, 11) is 3.81. The van der Waals surface area contributed by atoms with Gasteiger partial charge in [-0.1, -0.05) is 103 Å². The van der Waals surface area contributed by atoms with Crippen molar-refractivity contribution in [2.75, 3.05) is 47.0 Å². The van der Waals surface area contributed by atoms with Crippen molar-refractivity contribution in [1.29, 1.82) is 0 Å². The zero-order valence-corrected chi connectivity index (χ0v) is 23.7. The van der Waals surface area contributed by atoms with E-state index in [1.165, 1.54) is 110 Å². The van der Waals surface area contributed by atoms with Crippen LogP contribution in [0.5, 0.6) is 0 Å². The van der Waals surface area contributed by atoms with Crippen molar-refractivity contribution in [2.24, 2.45) is 0 Å². The van der Waals surface area contributed by atoms with Crippen LogP contribution in [-0.4, -0.2) is 74.3 Å². The zero-order chi connectivity index (χ0) is 26.4. The lowest BCUT2D eigenvalue weighted by Gasteiger charge is -2.10. The van der Waals surface area contributed by atoms with Gasteiger partial charge in [0.05, 0.1) is 12.6 Å². The molecule has 0 saturated carbocycles. The molecule has 0 aliphatic heterocycles. The van der Waals surface area contributed by atoms with Crippen molar-refractivity contribution in [3.05, 3.63) is 0 Å². The lowest BCUT2D eigenvalue weighted by molar-refractivity contribution is -0.255. The molecule has 0 saturated heterocycles. The second-order valence-corrected chi connectivity index (χ2v) is 10.0. The number of nitrogens with zero attached hydrogens (tertiary/aromatic N) is 1. The Morgan fingerprint density at radius 3 is 1.57 bits per heavy atom. The highest BCUT2D eigenvalue weighted by Gasteiger charge is 2.01. The highest BCUT2D eigenvalue weighted by molar-refractivity contribution is 5.77. The number of hydrogen-bond acceptors (Lipinski definition) is 6. The zero-order valence-electron chi connectivity index (χ0n) is 23.7. The normalized spacial score (nSPS) is 11.9. The molecule has 0 heterocycles. The number of unbranched alkanes of at least 4 members (excludes halogenated alkanes) is 15. The van der Waals surface area contributed by atoms with Crippen molar-refractivity contribution in [1.82, 2.24) is 10.2 Å². The molecule has 7 nitrogen and oxygen atoms in total. The first-order chi connectivity index (χ1) is 16.9. The average molecular weight is 505 g/mol. The Hall–Kier alpha value is -0.730. The summed E-state index contributed by atoms with van der Waals surface area (Å²) in [5.41, 5.74) is 0. The van der Waals surface area contributed by atoms with Crippen molar-refractivity contribution in [2.45, 2.75) is 129 Å². The van der Waals surface area contributed by atoms with Crippen LogP contribution in [0.3, 0.4) is 0 Å². The molecular formula is C28H60N2O5. The van der Waals surface area contributed by atoms with E-state index in [1.54, 1.807) is 0 Å². The van der Waals surface area contributed by atoms with Crippen LogP contribution >= 0.6 is 0 Å². The summed E-state index contributed by atoms with van der Waals surface area (Å²) in [6, 6.07) is 0. The van der Waals surface area contributed by atoms with Crippen LogP contribution in [0.4, 0.5) is 0 Å². The number of nitrogens with one attached hydrogen (secondary N) is 1. The second-order valence-electron chi connectivity index (χ2n) is 10.0. The molecule has 1 unspecified atom stereocenters. The number of likely N-dealkylation sites (N-methyl/N-ethyl adjacent to an activating group) is 1. The molecule has 0 bridgehead atoms. The maximum absolute atomic E-state index is 11.5. The summed E-state index contributed by atoms with van der Waals surface area (Å²) < 4.78 is 5.65. The minimum atomic E-state index is -0.574. The summed E-state index contributed by atoms with van der Waals surface area (Å²) in [5.74, 6) is 0.0906. The standard InChI is InChI=1S/C25H52N2O2.C3H8O3/c1-4-5-6-7-8-9-10-11-12-13-14-15-16-17-18-19-22-29-23-20-21-26-25(28)24-27(2)3;1-3(4)2-6-5/h4-24H2,1-3H3,(H,26,28);3-5H,2H2,1H3. The second kappa shape index (κ2) is 31.3. The molecule has 0 fully saturated rings. The number of carbonyl (C=O) groups excluding carboxylic acids is 1. The first-order valence-corrected chi connectivity index (χ1v) is 14.4. The Balaban J connectivity index is 0. The molecule has 0 aromatic carbocycles. The van der Waals surface area contributed by atoms with E-state index in [4.69, 9.17) is 15.1 Å². The van der Waals surface area contributed by atoms with Crippen molar-refractivity contribution in [3.63, 3.8) is 0 Å². The Morgan fingerprint density at radius 2 is 1.20 bits per heavy atom. The van der Waals surface area contributed by atoms with Gasteiger partial charge >= 0.3 is 0 Å². The minimum Gasteiger partial charge on any atom is -0.391 e. The fourth-order valence-electron chi connectivity index (χ4n) is 3.71. The van der Waals surface area contributed by atoms with Gasteiger partial charge in [0.1, 0.15) is 6.61 Å². The molecule has 0 spiro atoms. The Bertz CT molecular complexity index is 409. The predicted octanol–water partition coefficient (Wildman–Crippen LogP) is 6.19. The van der Waals surface area contributed by atoms with E-state index in [9.17, 15) is 4.79 Å². The molecule has 1 amide bonds. The number of amides is 1. The van der Waals surface area contributed by atoms with Crippen LogP contribution in [0.25, 0.3) is 0 Å². The SMILES string of the molecule is CC(O)COO.CCCCCCCCCCCCCCCCCCOCCCNC(=O)CN(C)C. The van der Waals surface area contributed by atoms with Gasteiger partial charge in [0, 0.05) is 19.8 Å². The third-order valence-electron chi connectivity index (χ3n) is 5.71. The van der Waals surface area contributed by atoms with E-state index < -0.39 is 6.10 Å². The van der Waals surface area contributed by atoms with Gasteiger partial charge in [-0.2, -0.15) is 0 Å². The largest absolute Gasteiger partial charge is 0.391 e. The monoisotopic (exact) mass is 504 g/mol. The maximum atomic E-state index is 11.5. The molecule has 0 aliphatic rings.